The number of anilines is 1. The van der Waals surface area contributed by atoms with Gasteiger partial charge in [0.05, 0.1) is 62.2 Å². The topological polar surface area (TPSA) is 75.7 Å². The smallest absolute Gasteiger partial charge is 0.143 e. The molecule has 2 fully saturated rings. The summed E-state index contributed by atoms with van der Waals surface area (Å²) in [4.78, 5) is 9.49. The standard InChI is InChI=1S/C29H30FN5O3/c30-23-4-1-3-20-17-36-10-2-11-38-27-13-19(29-22-14-24(28(20)23)31-15-25(22)32-33-29)5-6-26(27)35-8-7-34-9-12-37-18-21(34)16-35/h1,3-6,13-15,21H,2,7-12,16-18H2,(H,32,33)/t21-/m1/s1. The maximum atomic E-state index is 15.0. The molecule has 0 amide bonds. The lowest BCUT2D eigenvalue weighted by molar-refractivity contribution is -0.0117. The van der Waals surface area contributed by atoms with Gasteiger partial charge in [0.15, 0.2) is 0 Å². The number of aromatic nitrogens is 3. The minimum absolute atomic E-state index is 0.303. The van der Waals surface area contributed by atoms with Crippen LogP contribution < -0.4 is 9.64 Å². The second-order valence-electron chi connectivity index (χ2n) is 10.1. The third-order valence-electron chi connectivity index (χ3n) is 7.76. The van der Waals surface area contributed by atoms with E-state index in [0.29, 0.717) is 37.1 Å². The molecule has 2 aromatic carbocycles. The molecule has 0 unspecified atom stereocenters. The molecule has 4 bridgehead atoms. The number of halogens is 1. The van der Waals surface area contributed by atoms with Gasteiger partial charge in [-0.05, 0) is 29.8 Å². The van der Waals surface area contributed by atoms with Crippen LogP contribution in [-0.2, 0) is 16.1 Å². The van der Waals surface area contributed by atoms with Crippen molar-refractivity contribution in [3.8, 4) is 28.3 Å². The molecule has 8 nitrogen and oxygen atoms in total. The van der Waals surface area contributed by atoms with Crippen molar-refractivity contribution >= 4 is 16.6 Å². The molecule has 2 saturated heterocycles. The number of fused-ring (bicyclic) bond motifs is 7. The van der Waals surface area contributed by atoms with Crippen molar-refractivity contribution in [1.82, 2.24) is 20.1 Å². The fourth-order valence-corrected chi connectivity index (χ4v) is 5.78. The molecule has 38 heavy (non-hydrogen) atoms. The highest BCUT2D eigenvalue weighted by Crippen LogP contribution is 2.38. The van der Waals surface area contributed by atoms with Crippen LogP contribution in [0.15, 0.2) is 48.7 Å². The van der Waals surface area contributed by atoms with E-state index in [1.165, 1.54) is 6.07 Å². The second-order valence-corrected chi connectivity index (χ2v) is 10.1. The minimum atomic E-state index is -0.314. The number of hydrogen-bond donors (Lipinski definition) is 1. The number of morpholine rings is 1. The van der Waals surface area contributed by atoms with Crippen molar-refractivity contribution in [1.29, 1.82) is 0 Å². The van der Waals surface area contributed by atoms with Crippen LogP contribution in [0, 0.1) is 5.82 Å². The van der Waals surface area contributed by atoms with Gasteiger partial charge in [-0.3, -0.25) is 15.0 Å². The van der Waals surface area contributed by atoms with E-state index in [4.69, 9.17) is 14.2 Å². The van der Waals surface area contributed by atoms with Gasteiger partial charge in [0.2, 0.25) is 0 Å². The summed E-state index contributed by atoms with van der Waals surface area (Å²) in [5, 5.41) is 8.59. The van der Waals surface area contributed by atoms with Crippen molar-refractivity contribution in [2.75, 3.05) is 57.5 Å². The summed E-state index contributed by atoms with van der Waals surface area (Å²) >= 11 is 0. The summed E-state index contributed by atoms with van der Waals surface area (Å²) in [7, 11) is 0. The number of rotatable bonds is 1. The zero-order valence-electron chi connectivity index (χ0n) is 21.2. The van der Waals surface area contributed by atoms with Gasteiger partial charge in [-0.15, -0.1) is 0 Å². The lowest BCUT2D eigenvalue weighted by Crippen LogP contribution is -2.58. The summed E-state index contributed by atoms with van der Waals surface area (Å²) in [6, 6.07) is 13.7. The second kappa shape index (κ2) is 9.98. The highest BCUT2D eigenvalue weighted by molar-refractivity contribution is 5.95. The predicted octanol–water partition coefficient (Wildman–Crippen LogP) is 4.25. The molecule has 196 valence electrons. The molecule has 5 heterocycles. The molecule has 0 spiro atoms. The number of hydrogen-bond acceptors (Lipinski definition) is 7. The molecular formula is C29H30FN5O3. The number of nitrogens with zero attached hydrogens (tertiary/aromatic N) is 4. The lowest BCUT2D eigenvalue weighted by Gasteiger charge is -2.44. The minimum Gasteiger partial charge on any atom is -0.491 e. The number of pyridine rings is 1. The number of nitrogens with one attached hydrogen (secondary N) is 1. The van der Waals surface area contributed by atoms with E-state index >= 15 is 4.39 Å². The zero-order valence-corrected chi connectivity index (χ0v) is 21.2. The largest absolute Gasteiger partial charge is 0.491 e. The maximum absolute atomic E-state index is 15.0. The van der Waals surface area contributed by atoms with Crippen LogP contribution >= 0.6 is 0 Å². The van der Waals surface area contributed by atoms with Crippen LogP contribution in [0.3, 0.4) is 0 Å². The molecular weight excluding hydrogens is 485 g/mol. The van der Waals surface area contributed by atoms with Gasteiger partial charge in [-0.2, -0.15) is 5.10 Å². The Morgan fingerprint density at radius 3 is 2.95 bits per heavy atom. The maximum Gasteiger partial charge on any atom is 0.143 e. The van der Waals surface area contributed by atoms with E-state index < -0.39 is 0 Å². The number of ether oxygens (including phenoxy) is 3. The highest BCUT2D eigenvalue weighted by atomic mass is 19.1. The quantitative estimate of drug-likeness (QED) is 0.406. The van der Waals surface area contributed by atoms with Crippen LogP contribution in [0.4, 0.5) is 10.1 Å². The van der Waals surface area contributed by atoms with Crippen molar-refractivity contribution < 1.29 is 18.6 Å². The molecule has 0 radical (unpaired) electrons. The van der Waals surface area contributed by atoms with Gasteiger partial charge in [0.1, 0.15) is 17.3 Å². The van der Waals surface area contributed by atoms with Crippen molar-refractivity contribution in [3.05, 3.63) is 60.0 Å². The Morgan fingerprint density at radius 1 is 1.00 bits per heavy atom. The Morgan fingerprint density at radius 2 is 1.97 bits per heavy atom. The van der Waals surface area contributed by atoms with Gasteiger partial charge >= 0.3 is 0 Å². The molecule has 4 aromatic rings. The van der Waals surface area contributed by atoms with E-state index in [2.05, 4.69) is 43.2 Å². The molecule has 7 rings (SSSR count). The van der Waals surface area contributed by atoms with Gasteiger partial charge in [-0.1, -0.05) is 18.2 Å². The number of piperazine rings is 1. The molecule has 3 aliphatic heterocycles. The van der Waals surface area contributed by atoms with Crippen LogP contribution in [0.1, 0.15) is 12.0 Å². The first kappa shape index (κ1) is 23.6. The zero-order chi connectivity index (χ0) is 25.5. The SMILES string of the molecule is Fc1cccc2c1-c1cc3c(n[nH]c3cn1)-c1ccc(N3CCN4CCOC[C@H]4C3)c(c1)OCCCOC2. The molecule has 1 atom stereocenters. The van der Waals surface area contributed by atoms with Crippen molar-refractivity contribution in [2.24, 2.45) is 0 Å². The fourth-order valence-electron chi connectivity index (χ4n) is 5.78. The third kappa shape index (κ3) is 4.30. The van der Waals surface area contributed by atoms with E-state index in [1.807, 2.05) is 12.1 Å². The van der Waals surface area contributed by atoms with Gasteiger partial charge in [-0.25, -0.2) is 4.39 Å². The fraction of sp³-hybridized carbons (Fsp3) is 0.379. The number of H-pyrrole nitrogens is 1. The Labute approximate surface area is 220 Å². The summed E-state index contributed by atoms with van der Waals surface area (Å²) in [5.74, 6) is 0.521. The van der Waals surface area contributed by atoms with Crippen LogP contribution in [0.5, 0.6) is 5.75 Å². The van der Waals surface area contributed by atoms with Crippen molar-refractivity contribution in [3.63, 3.8) is 0 Å². The number of benzene rings is 2. The van der Waals surface area contributed by atoms with Crippen LogP contribution in [-0.4, -0.2) is 78.7 Å². The van der Waals surface area contributed by atoms with Gasteiger partial charge in [0, 0.05) is 49.1 Å². The molecule has 2 aromatic heterocycles. The molecule has 0 saturated carbocycles. The molecule has 3 aliphatic rings. The Hall–Kier alpha value is -3.53. The number of aromatic amines is 1. The van der Waals surface area contributed by atoms with E-state index in [9.17, 15) is 0 Å². The van der Waals surface area contributed by atoms with Crippen LogP contribution in [0.2, 0.25) is 0 Å². The predicted molar refractivity (Wildman–Crippen MR) is 143 cm³/mol. The average Bonchev–Trinajstić information content (AvgIpc) is 3.37. The summed E-state index contributed by atoms with van der Waals surface area (Å²) < 4.78 is 33.1. The van der Waals surface area contributed by atoms with E-state index in [-0.39, 0.29) is 5.82 Å². The first-order valence-corrected chi connectivity index (χ1v) is 13.3. The molecule has 1 N–H and O–H groups in total. The third-order valence-corrected chi connectivity index (χ3v) is 7.76. The Bertz CT molecular complexity index is 1470. The Balaban J connectivity index is 1.30. The average molecular weight is 516 g/mol. The summed E-state index contributed by atoms with van der Waals surface area (Å²) in [6.07, 6.45) is 2.44. The summed E-state index contributed by atoms with van der Waals surface area (Å²) in [6.45, 7) is 6.77. The highest BCUT2D eigenvalue weighted by Gasteiger charge is 2.31. The lowest BCUT2D eigenvalue weighted by atomic mass is 10.0. The van der Waals surface area contributed by atoms with Crippen LogP contribution in [0.25, 0.3) is 33.4 Å². The van der Waals surface area contributed by atoms with Gasteiger partial charge < -0.3 is 19.1 Å². The van der Waals surface area contributed by atoms with Gasteiger partial charge in [0.25, 0.3) is 0 Å². The normalized spacial score (nSPS) is 20.3. The van der Waals surface area contributed by atoms with Crippen molar-refractivity contribution in [2.45, 2.75) is 19.1 Å². The monoisotopic (exact) mass is 515 g/mol. The first-order chi connectivity index (χ1) is 18.7. The summed E-state index contributed by atoms with van der Waals surface area (Å²) in [5.41, 5.74) is 5.40. The Kier molecular flexibility index (Phi) is 6.19. The van der Waals surface area contributed by atoms with E-state index in [0.717, 1.165) is 85.0 Å². The molecule has 0 aliphatic carbocycles. The molecule has 9 heteroatoms. The van der Waals surface area contributed by atoms with E-state index in [1.54, 1.807) is 12.3 Å². The first-order valence-electron chi connectivity index (χ1n) is 13.3.